The van der Waals surface area contributed by atoms with Crippen LogP contribution < -0.4 is 0 Å². The number of nitrogens with zero attached hydrogens (tertiary/aromatic N) is 4. The summed E-state index contributed by atoms with van der Waals surface area (Å²) in [5, 5.41) is 37.0. The highest BCUT2D eigenvalue weighted by atomic mass is 14.4. The normalized spacial score (nSPS) is 10.5. The van der Waals surface area contributed by atoms with Gasteiger partial charge in [-0.3, -0.25) is 0 Å². The Hall–Kier alpha value is -3.86. The van der Waals surface area contributed by atoms with Crippen LogP contribution in [-0.4, -0.2) is 0 Å². The van der Waals surface area contributed by atoms with E-state index in [9.17, 15) is 15.8 Å². The molecule has 4 heteroatoms. The van der Waals surface area contributed by atoms with Crippen molar-refractivity contribution in [3.05, 3.63) is 64.2 Å². The Balaban J connectivity index is 2.55. The lowest BCUT2D eigenvalue weighted by Crippen LogP contribution is -1.90. The highest BCUT2D eigenvalue weighted by molar-refractivity contribution is 6.05. The molecule has 1 aliphatic rings. The molecule has 0 aliphatic heterocycles. The van der Waals surface area contributed by atoms with Crippen LogP contribution in [0.1, 0.15) is 22.3 Å². The van der Waals surface area contributed by atoms with Crippen molar-refractivity contribution in [2.24, 2.45) is 0 Å². The Labute approximate surface area is 127 Å². The SMILES string of the molecule is N#CC(C#N)=C1c2ccccc2-c2c(C#N)cc(C#N)cc21. The molecular weight excluding hydrogens is 272 g/mol. The standard InChI is InChI=1S/C18H6N4/c19-7-11-5-12(8-20)17-14-3-1-2-4-15(14)18(16(17)6-11)13(9-21)10-22/h1-6H. The fraction of sp³-hybridized carbons (Fsp3) is 0. The molecule has 0 fully saturated rings. The van der Waals surface area contributed by atoms with Crippen LogP contribution in [0.15, 0.2) is 42.0 Å². The molecule has 0 bridgehead atoms. The molecule has 0 spiro atoms. The van der Waals surface area contributed by atoms with E-state index in [1.54, 1.807) is 6.07 Å². The Kier molecular flexibility index (Phi) is 2.94. The van der Waals surface area contributed by atoms with Crippen LogP contribution in [0.5, 0.6) is 0 Å². The molecule has 0 unspecified atom stereocenters. The number of nitriles is 4. The van der Waals surface area contributed by atoms with Gasteiger partial charge in [0.05, 0.1) is 23.3 Å². The van der Waals surface area contributed by atoms with Gasteiger partial charge in [-0.25, -0.2) is 0 Å². The molecule has 0 atom stereocenters. The second kappa shape index (κ2) is 4.92. The maximum absolute atomic E-state index is 9.38. The molecule has 0 radical (unpaired) electrons. The molecule has 0 aromatic heterocycles. The summed E-state index contributed by atoms with van der Waals surface area (Å²) < 4.78 is 0. The van der Waals surface area contributed by atoms with Crippen molar-refractivity contribution in [2.75, 3.05) is 0 Å². The second-order valence-electron chi connectivity index (χ2n) is 4.69. The summed E-state index contributed by atoms with van der Waals surface area (Å²) in [6, 6.07) is 18.4. The van der Waals surface area contributed by atoms with Crippen LogP contribution in [0.25, 0.3) is 16.7 Å². The van der Waals surface area contributed by atoms with E-state index in [1.807, 2.05) is 42.5 Å². The fourth-order valence-electron chi connectivity index (χ4n) is 2.75. The summed E-state index contributed by atoms with van der Waals surface area (Å²) in [6.07, 6.45) is 0. The van der Waals surface area contributed by atoms with Crippen LogP contribution in [0.2, 0.25) is 0 Å². The van der Waals surface area contributed by atoms with Crippen LogP contribution in [-0.2, 0) is 0 Å². The topological polar surface area (TPSA) is 95.2 Å². The van der Waals surface area contributed by atoms with E-state index in [-0.39, 0.29) is 5.57 Å². The Bertz CT molecular complexity index is 999. The molecule has 0 saturated heterocycles. The number of rotatable bonds is 0. The highest BCUT2D eigenvalue weighted by Gasteiger charge is 2.29. The Morgan fingerprint density at radius 2 is 1.45 bits per heavy atom. The third kappa shape index (κ3) is 1.66. The summed E-state index contributed by atoms with van der Waals surface area (Å²) in [5.74, 6) is 0. The maximum Gasteiger partial charge on any atom is 0.138 e. The minimum atomic E-state index is -0.0230. The zero-order chi connectivity index (χ0) is 15.7. The van der Waals surface area contributed by atoms with Crippen molar-refractivity contribution in [1.29, 1.82) is 21.0 Å². The minimum absolute atomic E-state index is 0.0230. The molecule has 1 aliphatic carbocycles. The van der Waals surface area contributed by atoms with E-state index in [0.29, 0.717) is 27.8 Å². The van der Waals surface area contributed by atoms with E-state index in [0.717, 1.165) is 11.1 Å². The van der Waals surface area contributed by atoms with Crippen LogP contribution in [0.3, 0.4) is 0 Å². The molecule has 98 valence electrons. The van der Waals surface area contributed by atoms with Gasteiger partial charge in [0, 0.05) is 11.1 Å². The van der Waals surface area contributed by atoms with Crippen LogP contribution in [0, 0.1) is 45.3 Å². The van der Waals surface area contributed by atoms with Crippen LogP contribution in [0.4, 0.5) is 0 Å². The second-order valence-corrected chi connectivity index (χ2v) is 4.69. The molecule has 22 heavy (non-hydrogen) atoms. The summed E-state index contributed by atoms with van der Waals surface area (Å²) >= 11 is 0. The van der Waals surface area contributed by atoms with Crippen molar-refractivity contribution < 1.29 is 0 Å². The number of hydrogen-bond donors (Lipinski definition) is 0. The van der Waals surface area contributed by atoms with Gasteiger partial charge in [-0.05, 0) is 28.8 Å². The summed E-state index contributed by atoms with van der Waals surface area (Å²) in [6.45, 7) is 0. The van der Waals surface area contributed by atoms with Gasteiger partial charge in [-0.1, -0.05) is 24.3 Å². The largest absolute Gasteiger partial charge is 0.192 e. The lowest BCUT2D eigenvalue weighted by atomic mass is 9.95. The van der Waals surface area contributed by atoms with Gasteiger partial charge >= 0.3 is 0 Å². The zero-order valence-corrected chi connectivity index (χ0v) is 11.3. The summed E-state index contributed by atoms with van der Waals surface area (Å²) in [5.41, 5.74) is 3.97. The number of benzene rings is 2. The van der Waals surface area contributed by atoms with E-state index in [1.165, 1.54) is 6.07 Å². The molecule has 4 nitrogen and oxygen atoms in total. The molecule has 0 saturated carbocycles. The van der Waals surface area contributed by atoms with E-state index in [4.69, 9.17) is 5.26 Å². The Morgan fingerprint density at radius 3 is 2.05 bits per heavy atom. The monoisotopic (exact) mass is 278 g/mol. The molecule has 3 rings (SSSR count). The zero-order valence-electron chi connectivity index (χ0n) is 11.3. The molecule has 0 N–H and O–H groups in total. The Morgan fingerprint density at radius 1 is 0.773 bits per heavy atom. The lowest BCUT2D eigenvalue weighted by Gasteiger charge is -2.04. The third-order valence-corrected chi connectivity index (χ3v) is 3.60. The maximum atomic E-state index is 9.38. The van der Waals surface area contributed by atoms with E-state index < -0.39 is 0 Å². The highest BCUT2D eigenvalue weighted by Crippen LogP contribution is 2.47. The lowest BCUT2D eigenvalue weighted by molar-refractivity contribution is 1.44. The smallest absolute Gasteiger partial charge is 0.138 e. The van der Waals surface area contributed by atoms with E-state index >= 15 is 0 Å². The average Bonchev–Trinajstić information content (AvgIpc) is 2.90. The van der Waals surface area contributed by atoms with Crippen LogP contribution >= 0.6 is 0 Å². The quantitative estimate of drug-likeness (QED) is 0.589. The van der Waals surface area contributed by atoms with Gasteiger partial charge in [0.25, 0.3) is 0 Å². The first-order valence-corrected chi connectivity index (χ1v) is 6.38. The van der Waals surface area contributed by atoms with Crippen molar-refractivity contribution in [1.82, 2.24) is 0 Å². The number of fused-ring (bicyclic) bond motifs is 3. The van der Waals surface area contributed by atoms with Crippen molar-refractivity contribution in [2.45, 2.75) is 0 Å². The summed E-state index contributed by atoms with van der Waals surface area (Å²) in [7, 11) is 0. The van der Waals surface area contributed by atoms with Gasteiger partial charge in [-0.2, -0.15) is 21.0 Å². The van der Waals surface area contributed by atoms with Gasteiger partial charge in [0.15, 0.2) is 0 Å². The first-order chi connectivity index (χ1) is 10.7. The average molecular weight is 278 g/mol. The first kappa shape index (κ1) is 13.1. The van der Waals surface area contributed by atoms with Crippen molar-refractivity contribution in [3.63, 3.8) is 0 Å². The van der Waals surface area contributed by atoms with Crippen molar-refractivity contribution in [3.8, 4) is 35.4 Å². The third-order valence-electron chi connectivity index (χ3n) is 3.60. The number of hydrogen-bond acceptors (Lipinski definition) is 4. The molecule has 0 heterocycles. The van der Waals surface area contributed by atoms with Gasteiger partial charge in [0.1, 0.15) is 17.7 Å². The van der Waals surface area contributed by atoms with E-state index in [2.05, 4.69) is 6.07 Å². The molecule has 0 amide bonds. The van der Waals surface area contributed by atoms with Crippen molar-refractivity contribution >= 4 is 5.57 Å². The van der Waals surface area contributed by atoms with Gasteiger partial charge in [0.2, 0.25) is 0 Å². The fourth-order valence-corrected chi connectivity index (χ4v) is 2.75. The number of allylic oxidation sites excluding steroid dienone is 1. The molecule has 2 aromatic rings. The first-order valence-electron chi connectivity index (χ1n) is 6.38. The predicted molar refractivity (Wildman–Crippen MR) is 78.6 cm³/mol. The van der Waals surface area contributed by atoms with Gasteiger partial charge < -0.3 is 0 Å². The predicted octanol–water partition coefficient (Wildman–Crippen LogP) is 3.26. The minimum Gasteiger partial charge on any atom is -0.192 e. The molecular formula is C18H6N4. The van der Waals surface area contributed by atoms with Gasteiger partial charge in [-0.15, -0.1) is 0 Å². The molecule has 2 aromatic carbocycles. The summed E-state index contributed by atoms with van der Waals surface area (Å²) in [4.78, 5) is 0.